The Labute approximate surface area is 143 Å². The van der Waals surface area contributed by atoms with Gasteiger partial charge in [0.2, 0.25) is 5.91 Å². The minimum Gasteiger partial charge on any atom is -0.338 e. The van der Waals surface area contributed by atoms with Gasteiger partial charge >= 0.3 is 0 Å². The van der Waals surface area contributed by atoms with Crippen LogP contribution in [0.25, 0.3) is 0 Å². The molecule has 3 heteroatoms. The molecule has 0 fully saturated rings. The second kappa shape index (κ2) is 7.63. The summed E-state index contributed by atoms with van der Waals surface area (Å²) in [4.78, 5) is 14.9. The monoisotopic (exact) mass is 365 g/mol. The Morgan fingerprint density at radius 1 is 1.23 bits per heavy atom. The summed E-state index contributed by atoms with van der Waals surface area (Å²) in [6.45, 7) is 8.40. The van der Waals surface area contributed by atoms with Crippen LogP contribution in [-0.2, 0) is 11.2 Å². The molecule has 2 nitrogen and oxygen atoms in total. The summed E-state index contributed by atoms with van der Waals surface area (Å²) in [5.74, 6) is 0.851. The lowest BCUT2D eigenvalue weighted by Crippen LogP contribution is -2.42. The van der Waals surface area contributed by atoms with Crippen LogP contribution in [0.5, 0.6) is 0 Å². The van der Waals surface area contributed by atoms with E-state index < -0.39 is 0 Å². The molecule has 1 amide bonds. The maximum absolute atomic E-state index is 12.5. The van der Waals surface area contributed by atoms with Crippen molar-refractivity contribution in [2.24, 2.45) is 5.92 Å². The molecule has 1 aromatic carbocycles. The molecule has 1 aromatic rings. The van der Waals surface area contributed by atoms with Gasteiger partial charge in [0.25, 0.3) is 0 Å². The van der Waals surface area contributed by atoms with Gasteiger partial charge in [-0.3, -0.25) is 4.79 Å². The Hall–Kier alpha value is -0.830. The highest BCUT2D eigenvalue weighted by Crippen LogP contribution is 2.42. The fraction of sp³-hybridized carbons (Fsp3) is 0.632. The minimum absolute atomic E-state index is 0.277. The number of hydrogen-bond acceptors (Lipinski definition) is 1. The van der Waals surface area contributed by atoms with E-state index in [4.69, 9.17) is 0 Å². The molecule has 0 saturated heterocycles. The van der Waals surface area contributed by atoms with Gasteiger partial charge in [0, 0.05) is 23.3 Å². The van der Waals surface area contributed by atoms with Crippen LogP contribution in [0.2, 0.25) is 0 Å². The molecular formula is C19H28BrNO. The number of benzene rings is 1. The predicted octanol–water partition coefficient (Wildman–Crippen LogP) is 5.11. The zero-order valence-electron chi connectivity index (χ0n) is 14.2. The predicted molar refractivity (Wildman–Crippen MR) is 96.3 cm³/mol. The second-order valence-electron chi connectivity index (χ2n) is 6.93. The van der Waals surface area contributed by atoms with Crippen molar-refractivity contribution in [3.8, 4) is 0 Å². The average molecular weight is 366 g/mol. The topological polar surface area (TPSA) is 20.3 Å². The van der Waals surface area contributed by atoms with Gasteiger partial charge in [-0.2, -0.15) is 0 Å². The molecule has 122 valence electrons. The lowest BCUT2D eigenvalue weighted by molar-refractivity contribution is -0.135. The molecule has 0 bridgehead atoms. The van der Waals surface area contributed by atoms with Crippen molar-refractivity contribution in [3.05, 3.63) is 35.4 Å². The third-order valence-electron chi connectivity index (χ3n) is 4.68. The van der Waals surface area contributed by atoms with Gasteiger partial charge in [-0.15, -0.1) is 0 Å². The third kappa shape index (κ3) is 3.92. The Balaban J connectivity index is 1.97. The van der Waals surface area contributed by atoms with Crippen molar-refractivity contribution in [2.45, 2.75) is 70.3 Å². The number of halogens is 1. The van der Waals surface area contributed by atoms with Crippen molar-refractivity contribution in [1.82, 2.24) is 4.90 Å². The Bertz CT molecular complexity index is 504. The number of alkyl halides is 1. The van der Waals surface area contributed by atoms with Gasteiger partial charge in [0.1, 0.15) is 0 Å². The van der Waals surface area contributed by atoms with Gasteiger partial charge in [-0.1, -0.05) is 40.2 Å². The molecular weight excluding hydrogens is 338 g/mol. The molecule has 0 spiro atoms. The fourth-order valence-corrected chi connectivity index (χ4v) is 4.65. The summed E-state index contributed by atoms with van der Waals surface area (Å²) in [6, 6.07) is 9.23. The number of carbonyl (C=O) groups is 1. The van der Waals surface area contributed by atoms with Crippen LogP contribution in [0.15, 0.2) is 24.3 Å². The van der Waals surface area contributed by atoms with Crippen molar-refractivity contribution in [1.29, 1.82) is 0 Å². The lowest BCUT2D eigenvalue weighted by atomic mass is 9.81. The van der Waals surface area contributed by atoms with Crippen LogP contribution in [-0.4, -0.2) is 22.9 Å². The molecule has 0 saturated carbocycles. The van der Waals surface area contributed by atoms with Gasteiger partial charge in [0.05, 0.1) is 0 Å². The van der Waals surface area contributed by atoms with Crippen molar-refractivity contribution < 1.29 is 4.79 Å². The number of rotatable bonds is 5. The summed E-state index contributed by atoms with van der Waals surface area (Å²) in [6.07, 6.45) is 3.93. The van der Waals surface area contributed by atoms with Crippen molar-refractivity contribution >= 4 is 21.8 Å². The van der Waals surface area contributed by atoms with E-state index in [2.05, 4.69) is 67.9 Å². The standard InChI is InChI=1S/C19H28BrNO/c1-13(2)21(14(3)4)18(22)12-11-16-10-9-15-7-5-6-8-17(15)19(16)20/h5-8,13-14,16,19H,9-12H2,1-4H3. The molecule has 22 heavy (non-hydrogen) atoms. The molecule has 1 aliphatic carbocycles. The Kier molecular flexibility index (Phi) is 6.08. The summed E-state index contributed by atoms with van der Waals surface area (Å²) < 4.78 is 0. The van der Waals surface area contributed by atoms with E-state index in [1.165, 1.54) is 17.5 Å². The van der Waals surface area contributed by atoms with E-state index in [1.807, 2.05) is 4.90 Å². The largest absolute Gasteiger partial charge is 0.338 e. The molecule has 0 aliphatic heterocycles. The summed E-state index contributed by atoms with van der Waals surface area (Å²) in [5, 5.41) is 0. The van der Waals surface area contributed by atoms with E-state index >= 15 is 0 Å². The summed E-state index contributed by atoms with van der Waals surface area (Å²) in [7, 11) is 0. The van der Waals surface area contributed by atoms with E-state index in [1.54, 1.807) is 0 Å². The van der Waals surface area contributed by atoms with Gasteiger partial charge in [0.15, 0.2) is 0 Å². The number of nitrogens with zero attached hydrogens (tertiary/aromatic N) is 1. The van der Waals surface area contributed by atoms with Crippen LogP contribution in [0, 0.1) is 5.92 Å². The second-order valence-corrected chi connectivity index (χ2v) is 7.91. The molecule has 0 heterocycles. The first-order valence-corrected chi connectivity index (χ1v) is 9.36. The van der Waals surface area contributed by atoms with E-state index in [-0.39, 0.29) is 12.1 Å². The summed E-state index contributed by atoms with van der Waals surface area (Å²) >= 11 is 3.87. The van der Waals surface area contributed by atoms with E-state index in [0.717, 1.165) is 12.8 Å². The molecule has 2 rings (SSSR count). The molecule has 2 atom stereocenters. The van der Waals surface area contributed by atoms with Crippen molar-refractivity contribution in [2.75, 3.05) is 0 Å². The quantitative estimate of drug-likeness (QED) is 0.663. The number of amides is 1. The fourth-order valence-electron chi connectivity index (χ4n) is 3.67. The van der Waals surface area contributed by atoms with Crippen LogP contribution < -0.4 is 0 Å². The third-order valence-corrected chi connectivity index (χ3v) is 5.92. The van der Waals surface area contributed by atoms with Crippen LogP contribution in [0.1, 0.15) is 62.9 Å². The van der Waals surface area contributed by atoms with Crippen LogP contribution in [0.4, 0.5) is 0 Å². The molecule has 1 aliphatic rings. The number of aryl methyl sites for hydroxylation is 1. The van der Waals surface area contributed by atoms with Gasteiger partial charge in [-0.05, 0) is 64.0 Å². The highest BCUT2D eigenvalue weighted by atomic mass is 79.9. The van der Waals surface area contributed by atoms with E-state index in [9.17, 15) is 4.79 Å². The number of fused-ring (bicyclic) bond motifs is 1. The van der Waals surface area contributed by atoms with Crippen LogP contribution >= 0.6 is 15.9 Å². The van der Waals surface area contributed by atoms with Crippen LogP contribution in [0.3, 0.4) is 0 Å². The highest BCUT2D eigenvalue weighted by Gasteiger charge is 2.28. The van der Waals surface area contributed by atoms with Gasteiger partial charge in [-0.25, -0.2) is 0 Å². The highest BCUT2D eigenvalue weighted by molar-refractivity contribution is 9.09. The minimum atomic E-state index is 0.277. The smallest absolute Gasteiger partial charge is 0.223 e. The molecule has 0 N–H and O–H groups in total. The first-order valence-electron chi connectivity index (χ1n) is 8.44. The zero-order valence-corrected chi connectivity index (χ0v) is 15.8. The maximum Gasteiger partial charge on any atom is 0.223 e. The van der Waals surface area contributed by atoms with Crippen molar-refractivity contribution in [3.63, 3.8) is 0 Å². The van der Waals surface area contributed by atoms with E-state index in [0.29, 0.717) is 23.1 Å². The van der Waals surface area contributed by atoms with Gasteiger partial charge < -0.3 is 4.90 Å². The maximum atomic E-state index is 12.5. The Morgan fingerprint density at radius 3 is 2.50 bits per heavy atom. The average Bonchev–Trinajstić information content (AvgIpc) is 2.46. The normalized spacial score (nSPS) is 21.0. The first-order chi connectivity index (χ1) is 10.4. The Morgan fingerprint density at radius 2 is 1.86 bits per heavy atom. The summed E-state index contributed by atoms with van der Waals surface area (Å²) in [5.41, 5.74) is 2.87. The zero-order chi connectivity index (χ0) is 16.3. The molecule has 2 unspecified atom stereocenters. The SMILES string of the molecule is CC(C)N(C(=O)CCC1CCc2ccccc2C1Br)C(C)C. The number of carbonyl (C=O) groups excluding carboxylic acids is 1. The molecule has 0 radical (unpaired) electrons. The number of hydrogen-bond donors (Lipinski definition) is 0. The first kappa shape index (κ1) is 17.5. The molecule has 0 aromatic heterocycles. The lowest BCUT2D eigenvalue weighted by Gasteiger charge is -2.33.